The summed E-state index contributed by atoms with van der Waals surface area (Å²) in [6.07, 6.45) is 1.70. The third kappa shape index (κ3) is 7.94. The highest BCUT2D eigenvalue weighted by Gasteiger charge is 2.33. The topological polar surface area (TPSA) is 114 Å². The number of rotatable bonds is 15. The highest BCUT2D eigenvalue weighted by molar-refractivity contribution is 7.92. The van der Waals surface area contributed by atoms with Crippen LogP contribution in [0.2, 0.25) is 0 Å². The van der Waals surface area contributed by atoms with E-state index in [-0.39, 0.29) is 23.1 Å². The Morgan fingerprint density at radius 1 is 0.881 bits per heavy atom. The number of hydrogen-bond donors (Lipinski definition) is 1. The van der Waals surface area contributed by atoms with Gasteiger partial charge >= 0.3 is 0 Å². The predicted octanol–water partition coefficient (Wildman–Crippen LogP) is 4.24. The summed E-state index contributed by atoms with van der Waals surface area (Å²) in [5.41, 5.74) is 1.02. The molecular formula is C31H39N3O7S. The molecule has 11 heteroatoms. The largest absolute Gasteiger partial charge is 0.497 e. The van der Waals surface area contributed by atoms with Crippen LogP contribution in [0.4, 0.5) is 5.69 Å². The lowest BCUT2D eigenvalue weighted by molar-refractivity contribution is -0.139. The molecule has 0 aliphatic rings. The Morgan fingerprint density at radius 3 is 2.24 bits per heavy atom. The van der Waals surface area contributed by atoms with Crippen molar-refractivity contribution in [2.75, 3.05) is 38.7 Å². The minimum Gasteiger partial charge on any atom is -0.497 e. The lowest BCUT2D eigenvalue weighted by Crippen LogP contribution is -2.51. The quantitative estimate of drug-likeness (QED) is 0.261. The van der Waals surface area contributed by atoms with Gasteiger partial charge in [-0.1, -0.05) is 43.7 Å². The van der Waals surface area contributed by atoms with Gasteiger partial charge in [-0.3, -0.25) is 13.9 Å². The standard InChI is InChI=1S/C31H39N3O7S/c1-6-7-18-32-31(36)23(2)33(21-24-12-11-15-26(19-24)39-3)30(35)22-34(25-13-9-8-10-14-25)42(37,38)27-16-17-28(40-4)29(20-27)41-5/h8-17,19-20,23H,6-7,18,21-22H2,1-5H3,(H,32,36)/t23-/m1/s1. The summed E-state index contributed by atoms with van der Waals surface area (Å²) in [7, 11) is 0.155. The van der Waals surface area contributed by atoms with Crippen LogP contribution in [0.3, 0.4) is 0 Å². The van der Waals surface area contributed by atoms with Crippen molar-refractivity contribution in [3.05, 3.63) is 78.4 Å². The van der Waals surface area contributed by atoms with Gasteiger partial charge in [0, 0.05) is 19.2 Å². The molecule has 42 heavy (non-hydrogen) atoms. The molecule has 0 saturated carbocycles. The Hall–Kier alpha value is -4.25. The maximum Gasteiger partial charge on any atom is 0.264 e. The normalized spacial score (nSPS) is 11.7. The number of carbonyl (C=O) groups excluding carboxylic acids is 2. The summed E-state index contributed by atoms with van der Waals surface area (Å²) in [6.45, 7) is 3.65. The zero-order valence-corrected chi connectivity index (χ0v) is 25.5. The second-order valence-electron chi connectivity index (χ2n) is 9.56. The Bertz CT molecular complexity index is 1450. The van der Waals surface area contributed by atoms with Crippen LogP contribution in [0.25, 0.3) is 0 Å². The van der Waals surface area contributed by atoms with E-state index in [0.717, 1.165) is 22.7 Å². The first-order chi connectivity index (χ1) is 20.2. The molecule has 0 aliphatic heterocycles. The van der Waals surface area contributed by atoms with Gasteiger partial charge in [-0.25, -0.2) is 8.42 Å². The highest BCUT2D eigenvalue weighted by Crippen LogP contribution is 2.32. The van der Waals surface area contributed by atoms with Gasteiger partial charge in [0.2, 0.25) is 11.8 Å². The summed E-state index contributed by atoms with van der Waals surface area (Å²) < 4.78 is 45.0. The molecule has 3 rings (SSSR count). The molecule has 0 aromatic heterocycles. The van der Waals surface area contributed by atoms with Crippen molar-refractivity contribution in [2.45, 2.75) is 44.2 Å². The van der Waals surface area contributed by atoms with Gasteiger partial charge < -0.3 is 24.4 Å². The number of benzene rings is 3. The first-order valence-electron chi connectivity index (χ1n) is 13.7. The van der Waals surface area contributed by atoms with E-state index in [1.54, 1.807) is 62.6 Å². The first kappa shape index (κ1) is 32.3. The van der Waals surface area contributed by atoms with Crippen LogP contribution in [0, 0.1) is 0 Å². The third-order valence-electron chi connectivity index (χ3n) is 6.75. The van der Waals surface area contributed by atoms with Crippen LogP contribution in [0.1, 0.15) is 32.3 Å². The number of nitrogens with one attached hydrogen (secondary N) is 1. The number of sulfonamides is 1. The van der Waals surface area contributed by atoms with Crippen LogP contribution in [-0.2, 0) is 26.2 Å². The molecule has 1 atom stereocenters. The van der Waals surface area contributed by atoms with E-state index in [0.29, 0.717) is 23.7 Å². The number of anilines is 1. The van der Waals surface area contributed by atoms with Gasteiger partial charge in [-0.15, -0.1) is 0 Å². The van der Waals surface area contributed by atoms with Crippen LogP contribution >= 0.6 is 0 Å². The van der Waals surface area contributed by atoms with Gasteiger partial charge in [-0.2, -0.15) is 0 Å². The van der Waals surface area contributed by atoms with E-state index >= 15 is 0 Å². The number of carbonyl (C=O) groups is 2. The van der Waals surface area contributed by atoms with Crippen molar-refractivity contribution < 1.29 is 32.2 Å². The fourth-order valence-electron chi connectivity index (χ4n) is 4.31. The second kappa shape index (κ2) is 15.1. The van der Waals surface area contributed by atoms with E-state index in [4.69, 9.17) is 14.2 Å². The second-order valence-corrected chi connectivity index (χ2v) is 11.4. The third-order valence-corrected chi connectivity index (χ3v) is 8.52. The molecule has 0 spiro atoms. The average molecular weight is 598 g/mol. The van der Waals surface area contributed by atoms with E-state index in [1.807, 2.05) is 13.0 Å². The SMILES string of the molecule is CCCCNC(=O)[C@@H](C)N(Cc1cccc(OC)c1)C(=O)CN(c1ccccc1)S(=O)(=O)c1ccc(OC)c(OC)c1. The molecule has 226 valence electrons. The molecule has 0 unspecified atom stereocenters. The van der Waals surface area contributed by atoms with E-state index in [1.165, 1.54) is 37.3 Å². The maximum atomic E-state index is 14.0. The molecule has 0 heterocycles. The minimum atomic E-state index is -4.26. The Kier molecular flexibility index (Phi) is 11.6. The Balaban J connectivity index is 2.02. The molecule has 2 amide bonds. The van der Waals surface area contributed by atoms with Crippen molar-refractivity contribution in [3.63, 3.8) is 0 Å². The summed E-state index contributed by atoms with van der Waals surface area (Å²) >= 11 is 0. The van der Waals surface area contributed by atoms with Crippen LogP contribution < -0.4 is 23.8 Å². The summed E-state index contributed by atoms with van der Waals surface area (Å²) in [5, 5.41) is 2.88. The summed E-state index contributed by atoms with van der Waals surface area (Å²) in [4.78, 5) is 28.4. The summed E-state index contributed by atoms with van der Waals surface area (Å²) in [5.74, 6) is 0.320. The molecule has 3 aromatic rings. The molecule has 0 bridgehead atoms. The summed E-state index contributed by atoms with van der Waals surface area (Å²) in [6, 6.07) is 18.9. The van der Waals surface area contributed by atoms with Crippen molar-refractivity contribution in [1.82, 2.24) is 10.2 Å². The monoisotopic (exact) mass is 597 g/mol. The number of amides is 2. The van der Waals surface area contributed by atoms with Gasteiger partial charge in [0.1, 0.15) is 18.3 Å². The number of nitrogens with zero attached hydrogens (tertiary/aromatic N) is 2. The van der Waals surface area contributed by atoms with Crippen molar-refractivity contribution in [3.8, 4) is 17.2 Å². The first-order valence-corrected chi connectivity index (χ1v) is 15.1. The van der Waals surface area contributed by atoms with Crippen LogP contribution in [-0.4, -0.2) is 65.6 Å². The van der Waals surface area contributed by atoms with Gasteiger partial charge in [-0.05, 0) is 55.3 Å². The lowest BCUT2D eigenvalue weighted by atomic mass is 10.1. The average Bonchev–Trinajstić information content (AvgIpc) is 3.02. The number of hydrogen-bond acceptors (Lipinski definition) is 7. The zero-order chi connectivity index (χ0) is 30.7. The fourth-order valence-corrected chi connectivity index (χ4v) is 5.74. The number of unbranched alkanes of at least 4 members (excludes halogenated alkanes) is 1. The zero-order valence-electron chi connectivity index (χ0n) is 24.7. The minimum absolute atomic E-state index is 0.0669. The fraction of sp³-hybridized carbons (Fsp3) is 0.355. The van der Waals surface area contributed by atoms with E-state index in [2.05, 4.69) is 5.32 Å². The Morgan fingerprint density at radius 2 is 1.60 bits per heavy atom. The molecule has 10 nitrogen and oxygen atoms in total. The number of methoxy groups -OCH3 is 3. The van der Waals surface area contributed by atoms with Gasteiger partial charge in [0.25, 0.3) is 10.0 Å². The maximum absolute atomic E-state index is 14.0. The van der Waals surface area contributed by atoms with Crippen molar-refractivity contribution in [1.29, 1.82) is 0 Å². The molecular weight excluding hydrogens is 558 g/mol. The smallest absolute Gasteiger partial charge is 0.264 e. The number of ether oxygens (including phenoxy) is 3. The van der Waals surface area contributed by atoms with Gasteiger partial charge in [0.05, 0.1) is 31.9 Å². The molecule has 0 saturated heterocycles. The van der Waals surface area contributed by atoms with Crippen LogP contribution in [0.15, 0.2) is 77.7 Å². The molecule has 0 radical (unpaired) electrons. The van der Waals surface area contributed by atoms with E-state index in [9.17, 15) is 18.0 Å². The Labute approximate surface area is 248 Å². The highest BCUT2D eigenvalue weighted by atomic mass is 32.2. The van der Waals surface area contributed by atoms with Crippen LogP contribution in [0.5, 0.6) is 17.2 Å². The lowest BCUT2D eigenvalue weighted by Gasteiger charge is -2.32. The molecule has 3 aromatic carbocycles. The predicted molar refractivity (Wildman–Crippen MR) is 161 cm³/mol. The van der Waals surface area contributed by atoms with Crippen molar-refractivity contribution >= 4 is 27.5 Å². The number of para-hydroxylation sites is 1. The van der Waals surface area contributed by atoms with Gasteiger partial charge in [0.15, 0.2) is 11.5 Å². The van der Waals surface area contributed by atoms with E-state index < -0.39 is 28.5 Å². The molecule has 0 fully saturated rings. The van der Waals surface area contributed by atoms with Crippen molar-refractivity contribution in [2.24, 2.45) is 0 Å². The molecule has 1 N–H and O–H groups in total. The molecule has 0 aliphatic carbocycles.